The molecule has 1 aliphatic carbocycles. The van der Waals surface area contributed by atoms with Gasteiger partial charge in [-0.1, -0.05) is 36.8 Å². The van der Waals surface area contributed by atoms with Crippen LogP contribution < -0.4 is 19.7 Å². The number of fused-ring (bicyclic) bond motifs is 2. The highest BCUT2D eigenvalue weighted by Crippen LogP contribution is 2.57. The van der Waals surface area contributed by atoms with Crippen LogP contribution in [0, 0.1) is 5.41 Å². The number of benzene rings is 3. The minimum Gasteiger partial charge on any atom is -0.497 e. The number of para-hydroxylation sites is 1. The molecule has 2 heterocycles. The lowest BCUT2D eigenvalue weighted by atomic mass is 9.65. The fraction of sp³-hybridized carbons (Fsp3) is 0.405. The van der Waals surface area contributed by atoms with E-state index in [1.807, 2.05) is 65.6 Å². The number of rotatable bonds is 11. The largest absolute Gasteiger partial charge is 0.497 e. The number of hydrogen-bond acceptors (Lipinski definition) is 7. The molecule has 6 rings (SSSR count). The van der Waals surface area contributed by atoms with Crippen LogP contribution in [-0.4, -0.2) is 80.2 Å². The first-order valence-electron chi connectivity index (χ1n) is 16.2. The second kappa shape index (κ2) is 13.6. The van der Waals surface area contributed by atoms with Crippen molar-refractivity contribution in [2.24, 2.45) is 0 Å². The van der Waals surface area contributed by atoms with Crippen LogP contribution in [0.25, 0.3) is 5.70 Å². The van der Waals surface area contributed by atoms with Gasteiger partial charge in [0.2, 0.25) is 5.91 Å². The van der Waals surface area contributed by atoms with Crippen molar-refractivity contribution in [1.29, 1.82) is 5.41 Å². The van der Waals surface area contributed by atoms with Crippen LogP contribution in [0.4, 0.5) is 11.4 Å². The van der Waals surface area contributed by atoms with Crippen LogP contribution in [0.5, 0.6) is 11.5 Å². The van der Waals surface area contributed by atoms with Crippen LogP contribution in [0.3, 0.4) is 0 Å². The third-order valence-corrected chi connectivity index (χ3v) is 9.67. The van der Waals surface area contributed by atoms with Gasteiger partial charge in [0.05, 0.1) is 31.4 Å². The van der Waals surface area contributed by atoms with Crippen LogP contribution in [0.1, 0.15) is 48.8 Å². The third kappa shape index (κ3) is 6.34. The molecule has 46 heavy (non-hydrogen) atoms. The summed E-state index contributed by atoms with van der Waals surface area (Å²) in [6, 6.07) is 22.0. The molecule has 0 aromatic heterocycles. The van der Waals surface area contributed by atoms with E-state index in [4.69, 9.17) is 14.9 Å². The Hall–Kier alpha value is -4.34. The van der Waals surface area contributed by atoms with Crippen molar-refractivity contribution < 1.29 is 19.4 Å². The molecule has 0 bridgehead atoms. The first kappa shape index (κ1) is 31.6. The highest BCUT2D eigenvalue weighted by atomic mass is 16.5. The van der Waals surface area contributed by atoms with E-state index in [-0.39, 0.29) is 24.5 Å². The van der Waals surface area contributed by atoms with Gasteiger partial charge in [-0.3, -0.25) is 10.2 Å². The summed E-state index contributed by atoms with van der Waals surface area (Å²) in [5.41, 5.74) is 4.80. The number of hydrogen-bond donors (Lipinski definition) is 3. The summed E-state index contributed by atoms with van der Waals surface area (Å²) in [7, 11) is 5.59. The number of anilines is 2. The molecule has 0 radical (unpaired) electrons. The minimum atomic E-state index is -0.582. The van der Waals surface area contributed by atoms with Gasteiger partial charge in [-0.2, -0.15) is 0 Å². The van der Waals surface area contributed by atoms with Crippen molar-refractivity contribution in [3.63, 3.8) is 0 Å². The van der Waals surface area contributed by atoms with Crippen LogP contribution in [0.15, 0.2) is 72.8 Å². The molecule has 1 amide bonds. The number of amides is 1. The van der Waals surface area contributed by atoms with E-state index in [2.05, 4.69) is 23.3 Å². The van der Waals surface area contributed by atoms with Crippen molar-refractivity contribution in [2.45, 2.75) is 50.2 Å². The number of aliphatic hydroxyl groups is 1. The number of methoxy groups -OCH3 is 1. The molecule has 0 atom stereocenters. The predicted octanol–water partition coefficient (Wildman–Crippen LogP) is 5.49. The molecule has 2 fully saturated rings. The van der Waals surface area contributed by atoms with Crippen molar-refractivity contribution in [2.75, 3.05) is 57.7 Å². The van der Waals surface area contributed by atoms with Gasteiger partial charge in [0.25, 0.3) is 0 Å². The molecule has 3 aliphatic rings. The van der Waals surface area contributed by atoms with Gasteiger partial charge in [0, 0.05) is 49.7 Å². The average Bonchev–Trinajstić information content (AvgIpc) is 3.30. The van der Waals surface area contributed by atoms with E-state index in [1.54, 1.807) is 25.1 Å². The molecule has 3 N–H and O–H groups in total. The van der Waals surface area contributed by atoms with E-state index in [9.17, 15) is 9.90 Å². The van der Waals surface area contributed by atoms with Crippen molar-refractivity contribution >= 4 is 28.8 Å². The van der Waals surface area contributed by atoms with Gasteiger partial charge in [0.15, 0.2) is 0 Å². The van der Waals surface area contributed by atoms with E-state index in [0.717, 1.165) is 84.7 Å². The van der Waals surface area contributed by atoms with Crippen molar-refractivity contribution in [3.05, 3.63) is 89.5 Å². The summed E-state index contributed by atoms with van der Waals surface area (Å²) >= 11 is 0. The Morgan fingerprint density at radius 1 is 1.11 bits per heavy atom. The summed E-state index contributed by atoms with van der Waals surface area (Å²) in [6.07, 6.45) is 6.25. The molecule has 9 heteroatoms. The zero-order valence-corrected chi connectivity index (χ0v) is 27.1. The number of carbonyl (C=O) groups is 1. The van der Waals surface area contributed by atoms with E-state index in [0.29, 0.717) is 18.8 Å². The maximum absolute atomic E-state index is 14.4. The predicted molar refractivity (Wildman–Crippen MR) is 183 cm³/mol. The number of likely N-dealkylation sites (tertiary alicyclic amines) is 1. The zero-order valence-electron chi connectivity index (χ0n) is 27.1. The quantitative estimate of drug-likeness (QED) is 0.192. The Morgan fingerprint density at radius 2 is 1.83 bits per heavy atom. The molecule has 9 nitrogen and oxygen atoms in total. The number of piperidine rings is 1. The zero-order chi connectivity index (χ0) is 32.3. The molecular weight excluding hydrogens is 578 g/mol. The van der Waals surface area contributed by atoms with Crippen molar-refractivity contribution in [1.82, 2.24) is 9.80 Å². The number of likely N-dealkylation sites (N-methyl/N-ethyl adjacent to an activating group) is 1. The highest BCUT2D eigenvalue weighted by molar-refractivity contribution is 6.11. The molecule has 1 saturated heterocycles. The summed E-state index contributed by atoms with van der Waals surface area (Å²) in [5, 5.41) is 21.9. The SMILES string of the molecule is COc1ccc(CN2C(=O)C3(CCC3)c3cc(/C(=C/C(=N)N(C)CCO)Nc4ccccc4)cc(OC4CCN(C)CC4)c32)cc1. The lowest BCUT2D eigenvalue weighted by Crippen LogP contribution is -2.44. The summed E-state index contributed by atoms with van der Waals surface area (Å²) < 4.78 is 12.3. The van der Waals surface area contributed by atoms with Gasteiger partial charge in [0.1, 0.15) is 23.4 Å². The molecule has 242 valence electrons. The average molecular weight is 624 g/mol. The second-order valence-corrected chi connectivity index (χ2v) is 12.7. The monoisotopic (exact) mass is 623 g/mol. The van der Waals surface area contributed by atoms with Crippen molar-refractivity contribution in [3.8, 4) is 11.5 Å². The first-order valence-corrected chi connectivity index (χ1v) is 16.2. The summed E-state index contributed by atoms with van der Waals surface area (Å²) in [6.45, 7) is 2.67. The number of ether oxygens (including phenoxy) is 2. The van der Waals surface area contributed by atoms with E-state index >= 15 is 0 Å². The highest BCUT2D eigenvalue weighted by Gasteiger charge is 2.55. The van der Waals surface area contributed by atoms with Gasteiger partial charge >= 0.3 is 0 Å². The number of carbonyl (C=O) groups excluding carboxylic acids is 1. The third-order valence-electron chi connectivity index (χ3n) is 9.67. The Kier molecular flexibility index (Phi) is 9.33. The van der Waals surface area contributed by atoms with Crippen LogP contribution in [0.2, 0.25) is 0 Å². The van der Waals surface area contributed by atoms with Crippen LogP contribution >= 0.6 is 0 Å². The number of amidine groups is 1. The normalized spacial score (nSPS) is 17.9. The number of nitrogens with one attached hydrogen (secondary N) is 2. The molecule has 3 aromatic carbocycles. The molecule has 0 unspecified atom stereocenters. The van der Waals surface area contributed by atoms with E-state index in [1.165, 1.54) is 0 Å². The molecule has 1 saturated carbocycles. The number of nitrogens with zero attached hydrogens (tertiary/aromatic N) is 3. The Balaban J connectivity index is 1.47. The maximum Gasteiger partial charge on any atom is 0.238 e. The Morgan fingerprint density at radius 3 is 2.46 bits per heavy atom. The summed E-state index contributed by atoms with van der Waals surface area (Å²) in [5.74, 6) is 1.89. The maximum atomic E-state index is 14.4. The lowest BCUT2D eigenvalue weighted by Gasteiger charge is -2.37. The smallest absolute Gasteiger partial charge is 0.238 e. The lowest BCUT2D eigenvalue weighted by molar-refractivity contribution is -0.126. The first-order chi connectivity index (χ1) is 22.3. The second-order valence-electron chi connectivity index (χ2n) is 12.7. The standard InChI is InChI=1S/C37H45N5O4/c1-40-18-14-30(15-19-40)46-33-23-27(32(24-34(38)41(2)20-21-43)39-28-8-5-4-6-9-28)22-31-35(33)42(36(44)37(31)16-7-17-37)25-26-10-12-29(45-3)13-11-26/h4-6,8-13,22-24,30,38-39,43H,7,14-21,25H2,1-3H3/b32-24-,38-34?. The van der Waals surface area contributed by atoms with E-state index < -0.39 is 5.41 Å². The topological polar surface area (TPSA) is 101 Å². The fourth-order valence-electron chi connectivity index (χ4n) is 6.72. The van der Waals surface area contributed by atoms with Crippen LogP contribution in [-0.2, 0) is 16.8 Å². The molecule has 2 aliphatic heterocycles. The van der Waals surface area contributed by atoms with Gasteiger partial charge < -0.3 is 34.6 Å². The van der Waals surface area contributed by atoms with Gasteiger partial charge in [-0.15, -0.1) is 0 Å². The molecular formula is C37H45N5O4. The number of aliphatic hydroxyl groups excluding tert-OH is 1. The Bertz CT molecular complexity index is 1580. The van der Waals surface area contributed by atoms with Gasteiger partial charge in [-0.05, 0) is 80.3 Å². The Labute approximate surface area is 271 Å². The fourth-order valence-corrected chi connectivity index (χ4v) is 6.72. The molecule has 3 aromatic rings. The molecule has 1 spiro atoms. The summed E-state index contributed by atoms with van der Waals surface area (Å²) in [4.78, 5) is 20.4. The minimum absolute atomic E-state index is 0.0370. The van der Waals surface area contributed by atoms with Gasteiger partial charge in [-0.25, -0.2) is 0 Å².